The van der Waals surface area contributed by atoms with Gasteiger partial charge in [-0.3, -0.25) is 0 Å². The molecule has 0 aliphatic carbocycles. The normalized spacial score (nSPS) is 14.1. The fourth-order valence-corrected chi connectivity index (χ4v) is 5.79. The third-order valence-corrected chi connectivity index (χ3v) is 7.65. The lowest BCUT2D eigenvalue weighted by Crippen LogP contribution is -2.29. The van der Waals surface area contributed by atoms with Crippen LogP contribution in [-0.2, 0) is 6.42 Å². The monoisotopic (exact) mass is 467 g/mol. The smallest absolute Gasteiger partial charge is 0.216 e. The first-order chi connectivity index (χ1) is 15.6. The van der Waals surface area contributed by atoms with Crippen molar-refractivity contribution >= 4 is 43.7 Å². The number of aromatic nitrogens is 4. The van der Waals surface area contributed by atoms with E-state index in [4.69, 9.17) is 15.1 Å². The molecule has 0 saturated carbocycles. The van der Waals surface area contributed by atoms with E-state index in [1.54, 1.807) is 23.5 Å². The molecule has 1 fully saturated rings. The zero-order valence-electron chi connectivity index (χ0n) is 17.9. The van der Waals surface area contributed by atoms with Gasteiger partial charge in [0.2, 0.25) is 10.1 Å². The molecule has 0 unspecified atom stereocenters. The van der Waals surface area contributed by atoms with Crippen molar-refractivity contribution in [3.8, 4) is 17.3 Å². The van der Waals surface area contributed by atoms with Gasteiger partial charge in [-0.05, 0) is 49.9 Å². The zero-order chi connectivity index (χ0) is 22.2. The number of nitriles is 1. The minimum absolute atomic E-state index is 0.317. The molecular formula is C22H22FN7S2. The SMILES string of the molecule is CCc1nc2sc(N3CCCCC3)nn2c1N(C)c1nc(-c2ccc(F)cc2)c(C#N)s1. The molecule has 3 aromatic heterocycles. The Bertz CT molecular complexity index is 1290. The van der Waals surface area contributed by atoms with E-state index in [1.807, 2.05) is 16.5 Å². The van der Waals surface area contributed by atoms with Crippen LogP contribution in [0.1, 0.15) is 36.8 Å². The maximum absolute atomic E-state index is 13.4. The molecule has 1 saturated heterocycles. The molecule has 1 aliphatic heterocycles. The van der Waals surface area contributed by atoms with Gasteiger partial charge in [-0.1, -0.05) is 29.6 Å². The summed E-state index contributed by atoms with van der Waals surface area (Å²) in [6, 6.07) is 8.29. The molecule has 4 heterocycles. The van der Waals surface area contributed by atoms with Crippen LogP contribution in [0.15, 0.2) is 24.3 Å². The van der Waals surface area contributed by atoms with Gasteiger partial charge in [0.1, 0.15) is 22.5 Å². The van der Waals surface area contributed by atoms with Gasteiger partial charge in [0.15, 0.2) is 10.9 Å². The molecule has 1 aromatic carbocycles. The molecule has 0 bridgehead atoms. The molecule has 4 aromatic rings. The summed E-state index contributed by atoms with van der Waals surface area (Å²) in [6.07, 6.45) is 4.42. The summed E-state index contributed by atoms with van der Waals surface area (Å²) in [5.41, 5.74) is 2.22. The number of hydrogen-bond donors (Lipinski definition) is 0. The first-order valence-electron chi connectivity index (χ1n) is 10.6. The van der Waals surface area contributed by atoms with E-state index in [0.717, 1.165) is 41.1 Å². The standard InChI is InChI=1S/C22H22FN7S2/c1-3-16-19(30-21(25-16)32-22(27-30)29-11-5-4-6-12-29)28(2)20-26-18(17(13-24)31-20)14-7-9-15(23)10-8-14/h7-10H,3-6,11-12H2,1-2H3. The average Bonchev–Trinajstić information content (AvgIpc) is 3.52. The summed E-state index contributed by atoms with van der Waals surface area (Å²) >= 11 is 2.92. The Labute approximate surface area is 193 Å². The van der Waals surface area contributed by atoms with Crippen molar-refractivity contribution in [1.29, 1.82) is 5.26 Å². The van der Waals surface area contributed by atoms with Crippen molar-refractivity contribution in [2.45, 2.75) is 32.6 Å². The molecule has 1 aliphatic rings. The highest BCUT2D eigenvalue weighted by molar-refractivity contribution is 7.20. The Morgan fingerprint density at radius 2 is 1.88 bits per heavy atom. The first-order valence-corrected chi connectivity index (χ1v) is 12.3. The quantitative estimate of drug-likeness (QED) is 0.399. The van der Waals surface area contributed by atoms with E-state index in [1.165, 1.54) is 42.7 Å². The molecule has 0 radical (unpaired) electrons. The van der Waals surface area contributed by atoms with Gasteiger partial charge in [0.05, 0.1) is 5.69 Å². The molecule has 0 spiro atoms. The molecule has 0 N–H and O–H groups in total. The number of aryl methyl sites for hydroxylation is 1. The number of halogens is 1. The van der Waals surface area contributed by atoms with Crippen molar-refractivity contribution in [3.05, 3.63) is 40.7 Å². The average molecular weight is 468 g/mol. The van der Waals surface area contributed by atoms with Crippen LogP contribution in [0.4, 0.5) is 20.5 Å². The molecule has 10 heteroatoms. The van der Waals surface area contributed by atoms with Gasteiger partial charge in [-0.2, -0.15) is 9.78 Å². The molecule has 0 atom stereocenters. The van der Waals surface area contributed by atoms with E-state index >= 15 is 0 Å². The maximum atomic E-state index is 13.4. The van der Waals surface area contributed by atoms with Crippen LogP contribution >= 0.6 is 22.7 Å². The van der Waals surface area contributed by atoms with Crippen LogP contribution in [0.25, 0.3) is 16.2 Å². The molecule has 7 nitrogen and oxygen atoms in total. The van der Waals surface area contributed by atoms with Crippen LogP contribution in [0, 0.1) is 17.1 Å². The second kappa shape index (κ2) is 8.48. The molecular weight excluding hydrogens is 445 g/mol. The van der Waals surface area contributed by atoms with Gasteiger partial charge >= 0.3 is 0 Å². The lowest BCUT2D eigenvalue weighted by molar-refractivity contribution is 0.574. The van der Waals surface area contributed by atoms with Gasteiger partial charge < -0.3 is 9.80 Å². The van der Waals surface area contributed by atoms with Crippen molar-refractivity contribution in [2.24, 2.45) is 0 Å². The predicted molar refractivity (Wildman–Crippen MR) is 127 cm³/mol. The van der Waals surface area contributed by atoms with Crippen molar-refractivity contribution < 1.29 is 4.39 Å². The summed E-state index contributed by atoms with van der Waals surface area (Å²) in [6.45, 7) is 4.13. The number of anilines is 3. The van der Waals surface area contributed by atoms with Crippen LogP contribution in [-0.4, -0.2) is 39.7 Å². The largest absolute Gasteiger partial charge is 0.347 e. The van der Waals surface area contributed by atoms with Crippen molar-refractivity contribution in [3.63, 3.8) is 0 Å². The van der Waals surface area contributed by atoms with E-state index in [2.05, 4.69) is 17.9 Å². The van der Waals surface area contributed by atoms with Gasteiger partial charge in [-0.15, -0.1) is 5.10 Å². The lowest BCUT2D eigenvalue weighted by Gasteiger charge is -2.25. The second-order valence-corrected chi connectivity index (χ2v) is 9.63. The van der Waals surface area contributed by atoms with Gasteiger partial charge in [-0.25, -0.2) is 14.4 Å². The molecule has 5 rings (SSSR count). The molecule has 164 valence electrons. The number of fused-ring (bicyclic) bond motifs is 1. The van der Waals surface area contributed by atoms with E-state index in [-0.39, 0.29) is 5.82 Å². The highest BCUT2D eigenvalue weighted by atomic mass is 32.1. The van der Waals surface area contributed by atoms with Crippen LogP contribution in [0.5, 0.6) is 0 Å². The maximum Gasteiger partial charge on any atom is 0.216 e. The van der Waals surface area contributed by atoms with Crippen molar-refractivity contribution in [2.75, 3.05) is 29.9 Å². The molecule has 0 amide bonds. The summed E-state index contributed by atoms with van der Waals surface area (Å²) in [5.74, 6) is 0.549. The Morgan fingerprint density at radius 1 is 1.12 bits per heavy atom. The van der Waals surface area contributed by atoms with E-state index in [9.17, 15) is 9.65 Å². The summed E-state index contributed by atoms with van der Waals surface area (Å²) in [4.78, 5) is 15.2. The highest BCUT2D eigenvalue weighted by Gasteiger charge is 2.25. The van der Waals surface area contributed by atoms with Crippen LogP contribution in [0.2, 0.25) is 0 Å². The van der Waals surface area contributed by atoms with E-state index in [0.29, 0.717) is 21.3 Å². The number of nitrogens with zero attached hydrogens (tertiary/aromatic N) is 7. The Hall–Kier alpha value is -3.03. The third kappa shape index (κ3) is 3.61. The lowest BCUT2D eigenvalue weighted by atomic mass is 10.1. The van der Waals surface area contributed by atoms with Gasteiger partial charge in [0, 0.05) is 25.7 Å². The van der Waals surface area contributed by atoms with Crippen LogP contribution in [0.3, 0.4) is 0 Å². The second-order valence-electron chi connectivity index (χ2n) is 7.71. The third-order valence-electron chi connectivity index (χ3n) is 5.64. The fraction of sp³-hybridized carbons (Fsp3) is 0.364. The Kier molecular flexibility index (Phi) is 5.53. The summed E-state index contributed by atoms with van der Waals surface area (Å²) in [5, 5.41) is 16.2. The summed E-state index contributed by atoms with van der Waals surface area (Å²) in [7, 11) is 1.93. The van der Waals surface area contributed by atoms with E-state index < -0.39 is 0 Å². The number of imidazole rings is 1. The summed E-state index contributed by atoms with van der Waals surface area (Å²) < 4.78 is 15.3. The number of rotatable bonds is 5. The van der Waals surface area contributed by atoms with Gasteiger partial charge in [0.25, 0.3) is 0 Å². The minimum Gasteiger partial charge on any atom is -0.347 e. The first kappa shape index (κ1) is 20.8. The zero-order valence-corrected chi connectivity index (χ0v) is 19.5. The number of piperidine rings is 1. The Balaban J connectivity index is 1.55. The fourth-order valence-electron chi connectivity index (χ4n) is 3.98. The number of benzene rings is 1. The molecule has 32 heavy (non-hydrogen) atoms. The Morgan fingerprint density at radius 3 is 2.56 bits per heavy atom. The topological polar surface area (TPSA) is 73.4 Å². The van der Waals surface area contributed by atoms with Crippen molar-refractivity contribution in [1.82, 2.24) is 19.6 Å². The number of hydrogen-bond acceptors (Lipinski definition) is 8. The van der Waals surface area contributed by atoms with Crippen LogP contribution < -0.4 is 9.80 Å². The predicted octanol–water partition coefficient (Wildman–Crippen LogP) is 5.25. The highest BCUT2D eigenvalue weighted by Crippen LogP contribution is 2.38. The number of thiazole rings is 1. The minimum atomic E-state index is -0.317.